The van der Waals surface area contributed by atoms with Crippen LogP contribution in [0.3, 0.4) is 0 Å². The van der Waals surface area contributed by atoms with Crippen molar-refractivity contribution in [2.75, 3.05) is 19.1 Å². The Kier molecular flexibility index (Phi) is 5.16. The topological polar surface area (TPSA) is 47.5 Å². The maximum atomic E-state index is 12.9. The smallest absolute Gasteiger partial charge is 0.423 e. The second kappa shape index (κ2) is 6.94. The van der Waals surface area contributed by atoms with Crippen LogP contribution in [0.1, 0.15) is 19.4 Å². The lowest BCUT2D eigenvalue weighted by molar-refractivity contribution is -0.139. The molecule has 5 nitrogen and oxygen atoms in total. The number of methoxy groups -OCH3 is 1. The summed E-state index contributed by atoms with van der Waals surface area (Å²) in [5.74, 6) is 0.282. The molecule has 2 rings (SSSR count). The van der Waals surface area contributed by atoms with Crippen LogP contribution < -0.4 is 14.4 Å². The quantitative estimate of drug-likeness (QED) is 0.821. The molecule has 1 heterocycles. The molecule has 2 aromatic rings. The van der Waals surface area contributed by atoms with Crippen LogP contribution in [0.15, 0.2) is 30.5 Å². The first kappa shape index (κ1) is 17.8. The van der Waals surface area contributed by atoms with Crippen molar-refractivity contribution in [1.29, 1.82) is 0 Å². The second-order valence-electron chi connectivity index (χ2n) is 5.31. The van der Waals surface area contributed by atoms with Gasteiger partial charge >= 0.3 is 6.18 Å². The molecule has 0 N–H and O–H groups in total. The zero-order valence-corrected chi connectivity index (χ0v) is 13.8. The molecule has 0 bridgehead atoms. The minimum Gasteiger partial charge on any atom is -0.491 e. The van der Waals surface area contributed by atoms with E-state index in [-0.39, 0.29) is 12.1 Å². The van der Waals surface area contributed by atoms with E-state index >= 15 is 0 Å². The average Bonchev–Trinajstić information content (AvgIpc) is 2.53. The summed E-state index contributed by atoms with van der Waals surface area (Å²) in [7, 11) is 2.79. The third kappa shape index (κ3) is 4.06. The fraction of sp³-hybridized carbons (Fsp3) is 0.375. The zero-order valence-electron chi connectivity index (χ0n) is 13.8. The maximum Gasteiger partial charge on any atom is 0.423 e. The average molecular weight is 341 g/mol. The number of halogens is 3. The second-order valence-corrected chi connectivity index (χ2v) is 5.31. The highest BCUT2D eigenvalue weighted by Gasteiger charge is 2.36. The van der Waals surface area contributed by atoms with Crippen LogP contribution in [0.25, 0.3) is 0 Å². The van der Waals surface area contributed by atoms with E-state index in [1.807, 2.05) is 13.8 Å². The molecule has 0 saturated heterocycles. The third-order valence-electron chi connectivity index (χ3n) is 3.14. The molecular formula is C16H18F3N3O2. The Hall–Kier alpha value is -2.51. The van der Waals surface area contributed by atoms with Crippen molar-refractivity contribution in [2.24, 2.45) is 0 Å². The highest BCUT2D eigenvalue weighted by molar-refractivity contribution is 5.58. The molecule has 130 valence electrons. The molecule has 0 amide bonds. The van der Waals surface area contributed by atoms with E-state index in [1.165, 1.54) is 0 Å². The van der Waals surface area contributed by atoms with E-state index in [1.54, 1.807) is 36.2 Å². The predicted molar refractivity (Wildman–Crippen MR) is 83.9 cm³/mol. The van der Waals surface area contributed by atoms with Crippen molar-refractivity contribution < 1.29 is 22.6 Å². The van der Waals surface area contributed by atoms with Crippen LogP contribution in [-0.2, 0) is 6.18 Å². The molecule has 0 aliphatic rings. The van der Waals surface area contributed by atoms with Gasteiger partial charge in [-0.25, -0.2) is 4.98 Å². The lowest BCUT2D eigenvalue weighted by Gasteiger charge is -2.19. The molecule has 0 spiro atoms. The number of ether oxygens (including phenoxy) is 2. The van der Waals surface area contributed by atoms with Gasteiger partial charge in [-0.2, -0.15) is 18.2 Å². The maximum absolute atomic E-state index is 12.9. The Morgan fingerprint density at radius 3 is 2.25 bits per heavy atom. The normalized spacial score (nSPS) is 11.5. The van der Waals surface area contributed by atoms with E-state index < -0.39 is 17.6 Å². The Morgan fingerprint density at radius 2 is 1.75 bits per heavy atom. The van der Waals surface area contributed by atoms with Crippen LogP contribution in [0.4, 0.5) is 24.8 Å². The van der Waals surface area contributed by atoms with Gasteiger partial charge in [-0.05, 0) is 38.1 Å². The van der Waals surface area contributed by atoms with Crippen molar-refractivity contribution in [3.05, 3.63) is 36.0 Å². The first-order valence-corrected chi connectivity index (χ1v) is 7.21. The summed E-state index contributed by atoms with van der Waals surface area (Å²) in [4.78, 5) is 9.19. The van der Waals surface area contributed by atoms with Crippen LogP contribution in [-0.4, -0.2) is 30.2 Å². The first-order chi connectivity index (χ1) is 11.2. The molecule has 0 aliphatic carbocycles. The number of alkyl halides is 3. The summed E-state index contributed by atoms with van der Waals surface area (Å²) in [6, 6.07) is 7.08. The summed E-state index contributed by atoms with van der Waals surface area (Å²) in [6.45, 7) is 3.84. The minimum atomic E-state index is -4.57. The van der Waals surface area contributed by atoms with E-state index in [2.05, 4.69) is 9.97 Å². The van der Waals surface area contributed by atoms with Gasteiger partial charge in [0.15, 0.2) is 0 Å². The minimum absolute atomic E-state index is 0.0519. The molecular weight excluding hydrogens is 323 g/mol. The highest BCUT2D eigenvalue weighted by Crippen LogP contribution is 2.35. The molecule has 8 heteroatoms. The SMILES string of the molecule is COc1nc(N(C)c2ccc(OC(C)C)cc2)ncc1C(F)(F)F. The number of nitrogens with zero attached hydrogens (tertiary/aromatic N) is 3. The largest absolute Gasteiger partial charge is 0.491 e. The van der Waals surface area contributed by atoms with Crippen molar-refractivity contribution in [3.8, 4) is 11.6 Å². The highest BCUT2D eigenvalue weighted by atomic mass is 19.4. The molecule has 0 aliphatic heterocycles. The number of aromatic nitrogens is 2. The van der Waals surface area contributed by atoms with Crippen LogP contribution in [0.5, 0.6) is 11.6 Å². The van der Waals surface area contributed by atoms with Gasteiger partial charge in [-0.1, -0.05) is 0 Å². The van der Waals surface area contributed by atoms with Gasteiger partial charge in [0.05, 0.1) is 13.2 Å². The fourth-order valence-electron chi connectivity index (χ4n) is 2.01. The van der Waals surface area contributed by atoms with Crippen LogP contribution in [0.2, 0.25) is 0 Å². The lowest BCUT2D eigenvalue weighted by Crippen LogP contribution is -2.16. The number of rotatable bonds is 5. The summed E-state index contributed by atoms with van der Waals surface area (Å²) >= 11 is 0. The molecule has 0 saturated carbocycles. The van der Waals surface area contributed by atoms with E-state index in [9.17, 15) is 13.2 Å². The molecule has 0 fully saturated rings. The molecule has 24 heavy (non-hydrogen) atoms. The standard InChI is InChI=1S/C16H18F3N3O2/c1-10(2)24-12-7-5-11(6-8-12)22(3)15-20-9-13(16(17,18)19)14(21-15)23-4/h5-10H,1-4H3. The summed E-state index contributed by atoms with van der Waals surface area (Å²) in [6.07, 6.45) is -3.80. The van der Waals surface area contributed by atoms with Crippen molar-refractivity contribution in [1.82, 2.24) is 9.97 Å². The Bertz CT molecular complexity index is 688. The third-order valence-corrected chi connectivity index (χ3v) is 3.14. The van der Waals surface area contributed by atoms with Gasteiger partial charge < -0.3 is 14.4 Å². The number of benzene rings is 1. The van der Waals surface area contributed by atoms with E-state index in [4.69, 9.17) is 9.47 Å². The number of hydrogen-bond acceptors (Lipinski definition) is 5. The first-order valence-electron chi connectivity index (χ1n) is 7.21. The van der Waals surface area contributed by atoms with Crippen LogP contribution in [0, 0.1) is 0 Å². The van der Waals surface area contributed by atoms with Gasteiger partial charge in [0.25, 0.3) is 0 Å². The fourth-order valence-corrected chi connectivity index (χ4v) is 2.01. The lowest BCUT2D eigenvalue weighted by atomic mass is 10.3. The van der Waals surface area contributed by atoms with Gasteiger partial charge in [0, 0.05) is 18.9 Å². The summed E-state index contributed by atoms with van der Waals surface area (Å²) in [5.41, 5.74) is -0.309. The molecule has 0 unspecified atom stereocenters. The molecule has 1 aromatic carbocycles. The zero-order chi connectivity index (χ0) is 17.9. The number of hydrogen-bond donors (Lipinski definition) is 0. The Balaban J connectivity index is 2.27. The van der Waals surface area contributed by atoms with Crippen molar-refractivity contribution in [3.63, 3.8) is 0 Å². The molecule has 0 atom stereocenters. The monoisotopic (exact) mass is 341 g/mol. The predicted octanol–water partition coefficient (Wildman–Crippen LogP) is 4.06. The Labute approximate surface area is 138 Å². The van der Waals surface area contributed by atoms with E-state index in [0.717, 1.165) is 7.11 Å². The summed E-state index contributed by atoms with van der Waals surface area (Å²) in [5, 5.41) is 0. The molecule has 1 aromatic heterocycles. The summed E-state index contributed by atoms with van der Waals surface area (Å²) < 4.78 is 48.8. The van der Waals surface area contributed by atoms with Crippen LogP contribution >= 0.6 is 0 Å². The van der Waals surface area contributed by atoms with E-state index in [0.29, 0.717) is 17.6 Å². The van der Waals surface area contributed by atoms with Gasteiger partial charge in [-0.3, -0.25) is 0 Å². The molecule has 0 radical (unpaired) electrons. The van der Waals surface area contributed by atoms with Gasteiger partial charge in [-0.15, -0.1) is 0 Å². The number of anilines is 2. The van der Waals surface area contributed by atoms with Gasteiger partial charge in [0.2, 0.25) is 11.8 Å². The van der Waals surface area contributed by atoms with Crippen molar-refractivity contribution >= 4 is 11.6 Å². The Morgan fingerprint density at radius 1 is 1.12 bits per heavy atom. The van der Waals surface area contributed by atoms with Crippen molar-refractivity contribution in [2.45, 2.75) is 26.1 Å². The van der Waals surface area contributed by atoms with Gasteiger partial charge in [0.1, 0.15) is 11.3 Å².